The molecule has 0 saturated heterocycles. The van der Waals surface area contributed by atoms with E-state index in [4.69, 9.17) is 9.84 Å². The molecule has 1 heterocycles. The Hall–Kier alpha value is -0.540. The van der Waals surface area contributed by atoms with Gasteiger partial charge in [0.1, 0.15) is 18.0 Å². The lowest BCUT2D eigenvalue weighted by molar-refractivity contribution is -0.0319. The molecule has 11 heavy (non-hydrogen) atoms. The van der Waals surface area contributed by atoms with Gasteiger partial charge in [0.25, 0.3) is 0 Å². The maximum absolute atomic E-state index is 9.28. The van der Waals surface area contributed by atoms with Crippen molar-refractivity contribution in [3.05, 3.63) is 11.8 Å². The van der Waals surface area contributed by atoms with Crippen LogP contribution in [0.5, 0.6) is 0 Å². The van der Waals surface area contributed by atoms with E-state index in [0.717, 1.165) is 0 Å². The van der Waals surface area contributed by atoms with Crippen LogP contribution in [0.1, 0.15) is 20.3 Å². The fraction of sp³-hybridized carbons (Fsp3) is 0.750. The third-order valence-corrected chi connectivity index (χ3v) is 1.64. The predicted octanol–water partition coefficient (Wildman–Crippen LogP) is 0.422. The van der Waals surface area contributed by atoms with Crippen LogP contribution >= 0.6 is 0 Å². The van der Waals surface area contributed by atoms with Gasteiger partial charge in [-0.2, -0.15) is 0 Å². The predicted molar refractivity (Wildman–Crippen MR) is 41.0 cm³/mol. The molecule has 64 valence electrons. The molecule has 1 aliphatic heterocycles. The molecule has 1 rings (SSSR count). The molecule has 1 aliphatic rings. The Balaban J connectivity index is 2.70. The number of hydrogen-bond donors (Lipinski definition) is 2. The standard InChI is InChI=1S/C8H14O3/c1-8(2)4-6(10)3-7(5-9)11-8/h3,6,9-10H,4-5H2,1-2H3. The van der Waals surface area contributed by atoms with Crippen molar-refractivity contribution < 1.29 is 14.9 Å². The van der Waals surface area contributed by atoms with Gasteiger partial charge in [-0.3, -0.25) is 0 Å². The van der Waals surface area contributed by atoms with E-state index in [1.807, 2.05) is 13.8 Å². The number of aliphatic hydroxyl groups excluding tert-OH is 2. The Morgan fingerprint density at radius 3 is 2.82 bits per heavy atom. The van der Waals surface area contributed by atoms with Gasteiger partial charge in [-0.15, -0.1) is 0 Å². The first kappa shape index (κ1) is 8.56. The van der Waals surface area contributed by atoms with E-state index in [9.17, 15) is 5.11 Å². The molecule has 0 amide bonds. The van der Waals surface area contributed by atoms with Crippen molar-refractivity contribution in [3.8, 4) is 0 Å². The molecule has 0 spiro atoms. The largest absolute Gasteiger partial charge is 0.490 e. The summed E-state index contributed by atoms with van der Waals surface area (Å²) in [6.45, 7) is 3.64. The smallest absolute Gasteiger partial charge is 0.121 e. The average molecular weight is 158 g/mol. The summed E-state index contributed by atoms with van der Waals surface area (Å²) < 4.78 is 5.34. The summed E-state index contributed by atoms with van der Waals surface area (Å²) in [5.74, 6) is 0.466. The van der Waals surface area contributed by atoms with E-state index in [2.05, 4.69) is 0 Å². The number of aliphatic hydroxyl groups is 2. The molecule has 1 atom stereocenters. The quantitative estimate of drug-likeness (QED) is 0.581. The molecule has 3 heteroatoms. The van der Waals surface area contributed by atoms with Gasteiger partial charge in [0, 0.05) is 6.42 Å². The molecular formula is C8H14O3. The number of rotatable bonds is 1. The first-order valence-electron chi connectivity index (χ1n) is 3.72. The summed E-state index contributed by atoms with van der Waals surface area (Å²) in [6.07, 6.45) is 1.64. The highest BCUT2D eigenvalue weighted by atomic mass is 16.5. The molecule has 0 radical (unpaired) electrons. The second-order valence-electron chi connectivity index (χ2n) is 3.42. The second-order valence-corrected chi connectivity index (χ2v) is 3.42. The van der Waals surface area contributed by atoms with Gasteiger partial charge >= 0.3 is 0 Å². The van der Waals surface area contributed by atoms with Crippen molar-refractivity contribution >= 4 is 0 Å². The molecule has 3 nitrogen and oxygen atoms in total. The van der Waals surface area contributed by atoms with Crippen molar-refractivity contribution in [1.82, 2.24) is 0 Å². The number of ether oxygens (including phenoxy) is 1. The van der Waals surface area contributed by atoms with Crippen LogP contribution in [-0.4, -0.2) is 28.5 Å². The summed E-state index contributed by atoms with van der Waals surface area (Å²) in [4.78, 5) is 0. The highest BCUT2D eigenvalue weighted by Gasteiger charge is 2.28. The molecule has 0 aromatic heterocycles. The monoisotopic (exact) mass is 158 g/mol. The van der Waals surface area contributed by atoms with E-state index in [1.54, 1.807) is 6.08 Å². The zero-order chi connectivity index (χ0) is 8.48. The lowest BCUT2D eigenvalue weighted by Crippen LogP contribution is -2.34. The molecule has 0 saturated carbocycles. The minimum atomic E-state index is -0.485. The first-order valence-corrected chi connectivity index (χ1v) is 3.72. The van der Waals surface area contributed by atoms with E-state index in [0.29, 0.717) is 12.2 Å². The van der Waals surface area contributed by atoms with Crippen molar-refractivity contribution in [1.29, 1.82) is 0 Å². The SMILES string of the molecule is CC1(C)CC(O)C=C(CO)O1. The van der Waals surface area contributed by atoms with Crippen molar-refractivity contribution in [2.75, 3.05) is 6.61 Å². The fourth-order valence-corrected chi connectivity index (χ4v) is 1.29. The summed E-state index contributed by atoms with van der Waals surface area (Å²) in [6, 6.07) is 0. The van der Waals surface area contributed by atoms with Gasteiger partial charge in [-0.05, 0) is 19.9 Å². The van der Waals surface area contributed by atoms with Gasteiger partial charge in [0.15, 0.2) is 0 Å². The van der Waals surface area contributed by atoms with E-state index in [1.165, 1.54) is 0 Å². The molecule has 0 bridgehead atoms. The highest BCUT2D eigenvalue weighted by molar-refractivity contribution is 5.05. The van der Waals surface area contributed by atoms with E-state index < -0.39 is 6.10 Å². The van der Waals surface area contributed by atoms with Crippen LogP contribution in [0.25, 0.3) is 0 Å². The maximum Gasteiger partial charge on any atom is 0.121 e. The fourth-order valence-electron chi connectivity index (χ4n) is 1.29. The molecular weight excluding hydrogens is 144 g/mol. The van der Waals surface area contributed by atoms with Crippen molar-refractivity contribution in [2.24, 2.45) is 0 Å². The minimum absolute atomic E-state index is 0.138. The Morgan fingerprint density at radius 1 is 1.73 bits per heavy atom. The van der Waals surface area contributed by atoms with Crippen LogP contribution in [0.4, 0.5) is 0 Å². The minimum Gasteiger partial charge on any atom is -0.490 e. The van der Waals surface area contributed by atoms with Crippen molar-refractivity contribution in [2.45, 2.75) is 32.0 Å². The molecule has 0 fully saturated rings. The maximum atomic E-state index is 9.28. The van der Waals surface area contributed by atoms with Crippen molar-refractivity contribution in [3.63, 3.8) is 0 Å². The Labute approximate surface area is 66.3 Å². The normalized spacial score (nSPS) is 29.1. The first-order chi connectivity index (χ1) is 5.03. The van der Waals surface area contributed by atoms with Crippen LogP contribution in [0.2, 0.25) is 0 Å². The summed E-state index contributed by atoms with van der Waals surface area (Å²) in [5, 5.41) is 18.0. The van der Waals surface area contributed by atoms with Gasteiger partial charge in [-0.1, -0.05) is 0 Å². The van der Waals surface area contributed by atoms with Gasteiger partial charge < -0.3 is 14.9 Å². The molecule has 0 aromatic carbocycles. The van der Waals surface area contributed by atoms with Gasteiger partial charge in [0.2, 0.25) is 0 Å². The van der Waals surface area contributed by atoms with E-state index in [-0.39, 0.29) is 12.2 Å². The molecule has 2 N–H and O–H groups in total. The lowest BCUT2D eigenvalue weighted by atomic mass is 9.97. The molecule has 1 unspecified atom stereocenters. The molecule has 0 aromatic rings. The Kier molecular flexibility index (Phi) is 2.20. The zero-order valence-corrected chi connectivity index (χ0v) is 6.87. The Bertz CT molecular complexity index is 172. The zero-order valence-electron chi connectivity index (χ0n) is 6.87. The highest BCUT2D eigenvalue weighted by Crippen LogP contribution is 2.26. The van der Waals surface area contributed by atoms with E-state index >= 15 is 0 Å². The number of hydrogen-bond acceptors (Lipinski definition) is 3. The van der Waals surface area contributed by atoms with Crippen LogP contribution in [-0.2, 0) is 4.74 Å². The molecule has 0 aliphatic carbocycles. The van der Waals surface area contributed by atoms with Gasteiger partial charge in [-0.25, -0.2) is 0 Å². The summed E-state index contributed by atoms with van der Waals surface area (Å²) in [5.41, 5.74) is -0.355. The summed E-state index contributed by atoms with van der Waals surface area (Å²) in [7, 11) is 0. The third kappa shape index (κ3) is 2.20. The van der Waals surface area contributed by atoms with Crippen LogP contribution in [0.3, 0.4) is 0 Å². The van der Waals surface area contributed by atoms with Crippen LogP contribution in [0.15, 0.2) is 11.8 Å². The third-order valence-electron chi connectivity index (χ3n) is 1.64. The van der Waals surface area contributed by atoms with Gasteiger partial charge in [0.05, 0.1) is 6.10 Å². The Morgan fingerprint density at radius 2 is 2.36 bits per heavy atom. The topological polar surface area (TPSA) is 49.7 Å². The summed E-state index contributed by atoms with van der Waals surface area (Å²) >= 11 is 0. The average Bonchev–Trinajstić information content (AvgIpc) is 1.83. The lowest BCUT2D eigenvalue weighted by Gasteiger charge is -2.33. The van der Waals surface area contributed by atoms with Crippen LogP contribution in [0, 0.1) is 0 Å². The van der Waals surface area contributed by atoms with Crippen LogP contribution < -0.4 is 0 Å². The second kappa shape index (κ2) is 2.83.